The van der Waals surface area contributed by atoms with Crippen LogP contribution in [-0.4, -0.2) is 25.6 Å². The van der Waals surface area contributed by atoms with Crippen LogP contribution < -0.4 is 5.73 Å². The minimum Gasteiger partial charge on any atom is -0.477 e. The maximum atomic E-state index is 11.4. The van der Waals surface area contributed by atoms with Crippen LogP contribution in [0.2, 0.25) is 0 Å². The molecule has 3 rings (SSSR count). The lowest BCUT2D eigenvalue weighted by Gasteiger charge is -2.07. The van der Waals surface area contributed by atoms with Crippen LogP contribution in [0.5, 0.6) is 0 Å². The smallest absolute Gasteiger partial charge is 0.352 e. The van der Waals surface area contributed by atoms with Crippen molar-refractivity contribution >= 4 is 38.8 Å². The normalized spacial score (nSPS) is 10.8. The average molecular weight is 333 g/mol. The minimum atomic E-state index is -1.03. The molecule has 3 N–H and O–H groups in total. The summed E-state index contributed by atoms with van der Waals surface area (Å²) >= 11 is 3.38. The van der Waals surface area contributed by atoms with E-state index < -0.39 is 5.97 Å². The molecule has 0 atom stereocenters. The number of aromatic carboxylic acids is 1. The summed E-state index contributed by atoms with van der Waals surface area (Å²) in [5.74, 6) is -0.520. The number of nitrogens with zero attached hydrogens (tertiary/aromatic N) is 3. The number of carbonyl (C=O) groups is 1. The molecule has 0 aliphatic heterocycles. The summed E-state index contributed by atoms with van der Waals surface area (Å²) in [5.41, 5.74) is 6.43. The number of rotatable bonds is 2. The van der Waals surface area contributed by atoms with E-state index in [-0.39, 0.29) is 11.6 Å². The largest absolute Gasteiger partial charge is 0.477 e. The van der Waals surface area contributed by atoms with Crippen molar-refractivity contribution in [2.45, 2.75) is 0 Å². The van der Waals surface area contributed by atoms with Gasteiger partial charge in [0, 0.05) is 16.1 Å². The van der Waals surface area contributed by atoms with Crippen LogP contribution in [0.25, 0.3) is 16.7 Å². The molecule has 7 heteroatoms. The standard InChI is InChI=1S/C13H9BrN4O2/c14-8-2-1-7-5-10(12(19)20)18(9(7)6-8)11-3-4-16-13(15)17-11/h1-6H,(H,19,20)(H2,15,16,17). The van der Waals surface area contributed by atoms with E-state index in [1.54, 1.807) is 16.7 Å². The maximum absolute atomic E-state index is 11.4. The number of aromatic nitrogens is 3. The molecule has 0 aliphatic rings. The van der Waals surface area contributed by atoms with Gasteiger partial charge in [0.1, 0.15) is 11.5 Å². The van der Waals surface area contributed by atoms with Gasteiger partial charge in [-0.15, -0.1) is 0 Å². The molecule has 0 bridgehead atoms. The van der Waals surface area contributed by atoms with Crippen LogP contribution in [0.15, 0.2) is 41.0 Å². The molecule has 6 nitrogen and oxygen atoms in total. The topological polar surface area (TPSA) is 94.0 Å². The molecule has 20 heavy (non-hydrogen) atoms. The van der Waals surface area contributed by atoms with Crippen molar-refractivity contribution in [3.8, 4) is 5.82 Å². The van der Waals surface area contributed by atoms with Crippen molar-refractivity contribution in [2.24, 2.45) is 0 Å². The average Bonchev–Trinajstić information content (AvgIpc) is 2.77. The van der Waals surface area contributed by atoms with Gasteiger partial charge >= 0.3 is 5.97 Å². The third-order valence-electron chi connectivity index (χ3n) is 2.87. The monoisotopic (exact) mass is 332 g/mol. The van der Waals surface area contributed by atoms with E-state index in [0.29, 0.717) is 5.82 Å². The van der Waals surface area contributed by atoms with Crippen molar-refractivity contribution in [1.82, 2.24) is 14.5 Å². The molecule has 0 unspecified atom stereocenters. The summed E-state index contributed by atoms with van der Waals surface area (Å²) in [6, 6.07) is 8.74. The summed E-state index contributed by atoms with van der Waals surface area (Å²) in [6.45, 7) is 0. The number of carboxylic acid groups (broad SMARTS) is 1. The first-order chi connectivity index (χ1) is 9.56. The Hall–Kier alpha value is -2.41. The van der Waals surface area contributed by atoms with Gasteiger partial charge in [-0.1, -0.05) is 22.0 Å². The van der Waals surface area contributed by atoms with Crippen molar-refractivity contribution in [3.63, 3.8) is 0 Å². The lowest BCUT2D eigenvalue weighted by Crippen LogP contribution is -2.09. The van der Waals surface area contributed by atoms with E-state index in [2.05, 4.69) is 25.9 Å². The van der Waals surface area contributed by atoms with Gasteiger partial charge in [-0.25, -0.2) is 9.78 Å². The lowest BCUT2D eigenvalue weighted by molar-refractivity contribution is 0.0688. The van der Waals surface area contributed by atoms with Crippen LogP contribution in [-0.2, 0) is 0 Å². The fourth-order valence-electron chi connectivity index (χ4n) is 2.07. The Bertz CT molecular complexity index is 828. The van der Waals surface area contributed by atoms with E-state index in [9.17, 15) is 9.90 Å². The third-order valence-corrected chi connectivity index (χ3v) is 3.37. The molecule has 100 valence electrons. The summed E-state index contributed by atoms with van der Waals surface area (Å²) in [6.07, 6.45) is 1.49. The zero-order valence-corrected chi connectivity index (χ0v) is 11.7. The highest BCUT2D eigenvalue weighted by Crippen LogP contribution is 2.26. The molecule has 3 aromatic rings. The second-order valence-corrected chi connectivity index (χ2v) is 5.06. The van der Waals surface area contributed by atoms with E-state index in [4.69, 9.17) is 5.73 Å². The summed E-state index contributed by atoms with van der Waals surface area (Å²) < 4.78 is 2.39. The fourth-order valence-corrected chi connectivity index (χ4v) is 2.42. The molecule has 0 radical (unpaired) electrons. The van der Waals surface area contributed by atoms with Crippen molar-refractivity contribution in [3.05, 3.63) is 46.7 Å². The summed E-state index contributed by atoms with van der Waals surface area (Å²) in [4.78, 5) is 19.3. The van der Waals surface area contributed by atoms with Gasteiger partial charge in [-0.2, -0.15) is 4.98 Å². The Balaban J connectivity index is 2.39. The van der Waals surface area contributed by atoms with Crippen LogP contribution in [0.4, 0.5) is 5.95 Å². The third kappa shape index (κ3) is 2.01. The first kappa shape index (κ1) is 12.6. The van der Waals surface area contributed by atoms with Crippen LogP contribution in [0.1, 0.15) is 10.5 Å². The molecule has 0 spiro atoms. The van der Waals surface area contributed by atoms with E-state index >= 15 is 0 Å². The van der Waals surface area contributed by atoms with Gasteiger partial charge in [-0.05, 0) is 24.3 Å². The molecule has 0 saturated carbocycles. The second-order valence-electron chi connectivity index (χ2n) is 4.15. The highest BCUT2D eigenvalue weighted by Gasteiger charge is 2.17. The zero-order chi connectivity index (χ0) is 14.3. The highest BCUT2D eigenvalue weighted by molar-refractivity contribution is 9.10. The number of anilines is 1. The lowest BCUT2D eigenvalue weighted by atomic mass is 10.2. The molecular weight excluding hydrogens is 324 g/mol. The summed E-state index contributed by atoms with van der Waals surface area (Å²) in [5, 5.41) is 10.2. The first-order valence-corrected chi connectivity index (χ1v) is 6.49. The highest BCUT2D eigenvalue weighted by atomic mass is 79.9. The number of benzene rings is 1. The maximum Gasteiger partial charge on any atom is 0.352 e. The van der Waals surface area contributed by atoms with Gasteiger partial charge in [0.05, 0.1) is 5.52 Å². The molecule has 0 fully saturated rings. The van der Waals surface area contributed by atoms with Crippen molar-refractivity contribution in [2.75, 3.05) is 5.73 Å². The van der Waals surface area contributed by atoms with Crippen LogP contribution in [0.3, 0.4) is 0 Å². The number of fused-ring (bicyclic) bond motifs is 1. The van der Waals surface area contributed by atoms with Crippen LogP contribution >= 0.6 is 15.9 Å². The quantitative estimate of drug-likeness (QED) is 0.751. The predicted molar refractivity (Wildman–Crippen MR) is 77.9 cm³/mol. The summed E-state index contributed by atoms with van der Waals surface area (Å²) in [7, 11) is 0. The van der Waals surface area contributed by atoms with Gasteiger partial charge in [0.2, 0.25) is 5.95 Å². The van der Waals surface area contributed by atoms with E-state index in [1.165, 1.54) is 6.20 Å². The van der Waals surface area contributed by atoms with Crippen molar-refractivity contribution < 1.29 is 9.90 Å². The molecular formula is C13H9BrN4O2. The van der Waals surface area contributed by atoms with E-state index in [1.807, 2.05) is 18.2 Å². The van der Waals surface area contributed by atoms with Gasteiger partial charge in [-0.3, -0.25) is 4.57 Å². The SMILES string of the molecule is Nc1nccc(-n2c(C(=O)O)cc3ccc(Br)cc32)n1. The minimum absolute atomic E-state index is 0.0932. The predicted octanol–water partition coefficient (Wildman–Crippen LogP) is 2.46. The molecule has 2 aromatic heterocycles. The Morgan fingerprint density at radius 3 is 2.80 bits per heavy atom. The Kier molecular flexibility index (Phi) is 2.90. The number of hydrogen-bond acceptors (Lipinski definition) is 4. The zero-order valence-electron chi connectivity index (χ0n) is 10.1. The molecule has 1 aromatic carbocycles. The fraction of sp³-hybridized carbons (Fsp3) is 0. The number of carboxylic acids is 1. The molecule has 0 saturated heterocycles. The van der Waals surface area contributed by atoms with Gasteiger partial charge in [0.25, 0.3) is 0 Å². The Morgan fingerprint density at radius 2 is 2.10 bits per heavy atom. The van der Waals surface area contributed by atoms with Gasteiger partial charge in [0.15, 0.2) is 0 Å². The number of hydrogen-bond donors (Lipinski definition) is 2. The number of nitrogen functional groups attached to an aromatic ring is 1. The molecule has 0 aliphatic carbocycles. The number of nitrogens with two attached hydrogens (primary N) is 1. The Morgan fingerprint density at radius 1 is 1.30 bits per heavy atom. The number of halogens is 1. The molecule has 2 heterocycles. The van der Waals surface area contributed by atoms with Crippen LogP contribution in [0, 0.1) is 0 Å². The van der Waals surface area contributed by atoms with Gasteiger partial charge < -0.3 is 10.8 Å². The van der Waals surface area contributed by atoms with E-state index in [0.717, 1.165) is 15.4 Å². The first-order valence-electron chi connectivity index (χ1n) is 5.69. The Labute approximate surface area is 122 Å². The van der Waals surface area contributed by atoms with Crippen molar-refractivity contribution in [1.29, 1.82) is 0 Å². The molecule has 0 amide bonds. The second kappa shape index (κ2) is 4.61.